The summed E-state index contributed by atoms with van der Waals surface area (Å²) in [5, 5.41) is 2.57. The van der Waals surface area contributed by atoms with Crippen molar-refractivity contribution in [2.24, 2.45) is 0 Å². The third kappa shape index (κ3) is 3.72. The van der Waals surface area contributed by atoms with E-state index in [1.54, 1.807) is 0 Å². The van der Waals surface area contributed by atoms with Crippen molar-refractivity contribution in [3.05, 3.63) is 204 Å². The number of rotatable bonds is 3. The molecule has 2 heteroatoms. The van der Waals surface area contributed by atoms with Crippen molar-refractivity contribution < 1.29 is 0 Å². The summed E-state index contributed by atoms with van der Waals surface area (Å²) >= 11 is 0. The van der Waals surface area contributed by atoms with Crippen molar-refractivity contribution in [1.82, 2.24) is 9.97 Å². The van der Waals surface area contributed by atoms with Gasteiger partial charge in [-0.05, 0) is 84.1 Å². The maximum Gasteiger partial charge on any atom is 0.160 e. The molecule has 0 fully saturated rings. The van der Waals surface area contributed by atoms with Gasteiger partial charge in [-0.15, -0.1) is 0 Å². The summed E-state index contributed by atoms with van der Waals surface area (Å²) in [4.78, 5) is 10.8. The summed E-state index contributed by atoms with van der Waals surface area (Å²) < 4.78 is 0. The zero-order chi connectivity index (χ0) is 34.7. The van der Waals surface area contributed by atoms with Crippen LogP contribution in [0.15, 0.2) is 182 Å². The molecule has 0 saturated heterocycles. The van der Waals surface area contributed by atoms with Crippen LogP contribution in [-0.2, 0) is 5.41 Å². The monoisotopic (exact) mass is 670 g/mol. The van der Waals surface area contributed by atoms with E-state index in [4.69, 9.17) is 9.97 Å². The summed E-state index contributed by atoms with van der Waals surface area (Å²) in [6, 6.07) is 66.4. The normalized spacial score (nSPS) is 13.4. The van der Waals surface area contributed by atoms with Gasteiger partial charge in [-0.1, -0.05) is 170 Å². The van der Waals surface area contributed by atoms with Crippen molar-refractivity contribution >= 4 is 10.8 Å². The molecular weight excluding hydrogens is 641 g/mol. The number of aromatic nitrogens is 2. The summed E-state index contributed by atoms with van der Waals surface area (Å²) in [6.45, 7) is 0. The van der Waals surface area contributed by atoms with Gasteiger partial charge in [-0.3, -0.25) is 0 Å². The minimum absolute atomic E-state index is 0.483. The van der Waals surface area contributed by atoms with Gasteiger partial charge in [0.05, 0.1) is 16.8 Å². The Hall–Kier alpha value is -6.90. The van der Waals surface area contributed by atoms with E-state index in [1.807, 2.05) is 6.07 Å². The lowest BCUT2D eigenvalue weighted by atomic mass is 9.70. The molecule has 53 heavy (non-hydrogen) atoms. The average molecular weight is 671 g/mol. The predicted octanol–water partition coefficient (Wildman–Crippen LogP) is 12.6. The molecule has 0 aliphatic heterocycles. The Morgan fingerprint density at radius 1 is 0.321 bits per heavy atom. The summed E-state index contributed by atoms with van der Waals surface area (Å²) in [5.41, 5.74) is 20.1. The molecule has 12 rings (SSSR count). The van der Waals surface area contributed by atoms with Gasteiger partial charge in [-0.2, -0.15) is 0 Å². The van der Waals surface area contributed by atoms with Crippen molar-refractivity contribution in [2.45, 2.75) is 5.41 Å². The molecule has 3 aliphatic carbocycles. The van der Waals surface area contributed by atoms with Gasteiger partial charge in [0.2, 0.25) is 0 Å². The summed E-state index contributed by atoms with van der Waals surface area (Å²) in [7, 11) is 0. The second-order valence-corrected chi connectivity index (χ2v) is 14.4. The standard InChI is InChI=1S/C51H30N2/c1-3-15-31(16-4-1)44-30-45(53-50(52-44)33-17-5-2-6-18-33)49-47-38-25-14-20-32-19-13-24-36(46(32)38)39(47)29-43-48(49)37-23-9-12-28-42(37)51(43)40-26-10-7-21-34(40)35-22-8-11-27-41(35)51/h1-30H. The van der Waals surface area contributed by atoms with E-state index in [0.717, 1.165) is 28.3 Å². The number of nitrogens with zero attached hydrogens (tertiary/aromatic N) is 2. The van der Waals surface area contributed by atoms with Crippen molar-refractivity contribution in [3.8, 4) is 78.4 Å². The SMILES string of the molecule is c1ccc(-c2cc(-c3c4c(cc5c3-c3ccccc3C53c5ccccc5-c5ccccc53)-c3cccc5cccc-4c35)nc(-c3ccccc3)n2)cc1. The highest BCUT2D eigenvalue weighted by Crippen LogP contribution is 2.67. The first-order chi connectivity index (χ1) is 26.3. The molecule has 244 valence electrons. The lowest BCUT2D eigenvalue weighted by Crippen LogP contribution is -2.26. The zero-order valence-electron chi connectivity index (χ0n) is 28.7. The van der Waals surface area contributed by atoms with Crippen LogP contribution >= 0.6 is 0 Å². The third-order valence-corrected chi connectivity index (χ3v) is 11.8. The molecule has 0 bridgehead atoms. The van der Waals surface area contributed by atoms with E-state index in [-0.39, 0.29) is 0 Å². The molecule has 1 aromatic heterocycles. The highest BCUT2D eigenvalue weighted by Gasteiger charge is 2.53. The van der Waals surface area contributed by atoms with Crippen LogP contribution in [0, 0.1) is 0 Å². The fraction of sp³-hybridized carbons (Fsp3) is 0.0196. The van der Waals surface area contributed by atoms with Crippen LogP contribution < -0.4 is 0 Å². The van der Waals surface area contributed by atoms with Crippen molar-refractivity contribution in [3.63, 3.8) is 0 Å². The number of hydrogen-bond donors (Lipinski definition) is 0. The highest BCUT2D eigenvalue weighted by molar-refractivity contribution is 6.21. The van der Waals surface area contributed by atoms with Crippen LogP contribution in [0.2, 0.25) is 0 Å². The zero-order valence-corrected chi connectivity index (χ0v) is 28.7. The molecule has 8 aromatic carbocycles. The maximum absolute atomic E-state index is 5.55. The van der Waals surface area contributed by atoms with Crippen LogP contribution in [-0.4, -0.2) is 9.97 Å². The lowest BCUT2D eigenvalue weighted by Gasteiger charge is -2.31. The Balaban J connectivity index is 1.29. The van der Waals surface area contributed by atoms with E-state index < -0.39 is 5.41 Å². The molecule has 1 spiro atoms. The molecule has 3 aliphatic rings. The minimum atomic E-state index is -0.483. The van der Waals surface area contributed by atoms with E-state index in [2.05, 4.69) is 176 Å². The van der Waals surface area contributed by atoms with E-state index >= 15 is 0 Å². The molecule has 9 aromatic rings. The number of benzene rings is 8. The molecule has 2 nitrogen and oxygen atoms in total. The van der Waals surface area contributed by atoms with E-state index in [9.17, 15) is 0 Å². The van der Waals surface area contributed by atoms with Crippen LogP contribution in [0.25, 0.3) is 89.2 Å². The van der Waals surface area contributed by atoms with Crippen LogP contribution in [0.3, 0.4) is 0 Å². The Labute approximate surface area is 307 Å². The molecule has 0 N–H and O–H groups in total. The number of fused-ring (bicyclic) bond motifs is 13. The first-order valence-corrected chi connectivity index (χ1v) is 18.3. The highest BCUT2D eigenvalue weighted by atomic mass is 14.9. The van der Waals surface area contributed by atoms with Gasteiger partial charge in [0, 0.05) is 22.3 Å². The van der Waals surface area contributed by atoms with E-state index in [1.165, 1.54) is 83.1 Å². The molecule has 0 amide bonds. The van der Waals surface area contributed by atoms with Gasteiger partial charge in [-0.25, -0.2) is 9.97 Å². The van der Waals surface area contributed by atoms with Gasteiger partial charge in [0.1, 0.15) is 0 Å². The fourth-order valence-corrected chi connectivity index (χ4v) is 9.82. The second kappa shape index (κ2) is 10.6. The Morgan fingerprint density at radius 2 is 0.849 bits per heavy atom. The lowest BCUT2D eigenvalue weighted by molar-refractivity contribution is 0.794. The van der Waals surface area contributed by atoms with Gasteiger partial charge in [0.25, 0.3) is 0 Å². The fourth-order valence-electron chi connectivity index (χ4n) is 9.82. The van der Waals surface area contributed by atoms with Crippen molar-refractivity contribution in [1.29, 1.82) is 0 Å². The quantitative estimate of drug-likeness (QED) is 0.187. The molecule has 0 radical (unpaired) electrons. The van der Waals surface area contributed by atoms with Crippen LogP contribution in [0.4, 0.5) is 0 Å². The average Bonchev–Trinajstić information content (AvgIpc) is 3.83. The van der Waals surface area contributed by atoms with Gasteiger partial charge < -0.3 is 0 Å². The first kappa shape index (κ1) is 28.8. The minimum Gasteiger partial charge on any atom is -0.228 e. The van der Waals surface area contributed by atoms with Gasteiger partial charge >= 0.3 is 0 Å². The Morgan fingerprint density at radius 3 is 1.53 bits per heavy atom. The Bertz CT molecular complexity index is 2890. The maximum atomic E-state index is 5.55. The first-order valence-electron chi connectivity index (χ1n) is 18.3. The molecular formula is C51H30N2. The van der Waals surface area contributed by atoms with Crippen LogP contribution in [0.1, 0.15) is 22.3 Å². The largest absolute Gasteiger partial charge is 0.228 e. The number of hydrogen-bond acceptors (Lipinski definition) is 2. The van der Waals surface area contributed by atoms with Gasteiger partial charge in [0.15, 0.2) is 5.82 Å². The summed E-state index contributed by atoms with van der Waals surface area (Å²) in [5.74, 6) is 0.722. The summed E-state index contributed by atoms with van der Waals surface area (Å²) in [6.07, 6.45) is 0. The van der Waals surface area contributed by atoms with Crippen LogP contribution in [0.5, 0.6) is 0 Å². The molecule has 0 atom stereocenters. The van der Waals surface area contributed by atoms with E-state index in [0.29, 0.717) is 0 Å². The molecule has 1 heterocycles. The van der Waals surface area contributed by atoms with Crippen molar-refractivity contribution in [2.75, 3.05) is 0 Å². The second-order valence-electron chi connectivity index (χ2n) is 14.4. The molecule has 0 unspecified atom stereocenters. The Kier molecular flexibility index (Phi) is 5.73. The molecule has 0 saturated carbocycles. The smallest absolute Gasteiger partial charge is 0.160 e. The topological polar surface area (TPSA) is 25.8 Å². The third-order valence-electron chi connectivity index (χ3n) is 11.8. The predicted molar refractivity (Wildman–Crippen MR) is 217 cm³/mol.